The predicted molar refractivity (Wildman–Crippen MR) is 51.9 cm³/mol. The topological polar surface area (TPSA) is 42.2 Å². The Kier molecular flexibility index (Phi) is 3.11. The van der Waals surface area contributed by atoms with Gasteiger partial charge in [0.2, 0.25) is 0 Å². The van der Waals surface area contributed by atoms with Crippen LogP contribution in [0.5, 0.6) is 0 Å². The van der Waals surface area contributed by atoms with E-state index in [1.807, 2.05) is 0 Å². The van der Waals surface area contributed by atoms with Crippen LogP contribution in [0.4, 0.5) is 0 Å². The van der Waals surface area contributed by atoms with Gasteiger partial charge in [-0.15, -0.1) is 0 Å². The molecule has 1 rings (SSSR count). The summed E-state index contributed by atoms with van der Waals surface area (Å²) in [7, 11) is 0. The maximum Gasteiger partial charge on any atom is 0.194 e. The highest BCUT2D eigenvalue weighted by atomic mass is 35.6. The predicted octanol–water partition coefficient (Wildman–Crippen LogP) is 2.00. The van der Waals surface area contributed by atoms with Crippen LogP contribution in [-0.2, 0) is 6.42 Å². The summed E-state index contributed by atoms with van der Waals surface area (Å²) in [5.74, 6) is 0. The summed E-state index contributed by atoms with van der Waals surface area (Å²) in [6.07, 6.45) is 2.40. The van der Waals surface area contributed by atoms with Gasteiger partial charge in [-0.3, -0.25) is 4.79 Å². The molecule has 1 N–H and O–H groups in total. The largest absolute Gasteiger partial charge is 0.429 e. The third-order valence-electron chi connectivity index (χ3n) is 1.37. The molecule has 0 aliphatic carbocycles. The zero-order valence-corrected chi connectivity index (χ0v) is 8.64. The van der Waals surface area contributed by atoms with Crippen molar-refractivity contribution in [3.05, 3.63) is 34.2 Å². The number of hydrogen-bond donors (Lipinski definition) is 1. The number of hydrogen-bond acceptors (Lipinski definition) is 2. The zero-order valence-electron chi connectivity index (χ0n) is 6.38. The van der Waals surface area contributed by atoms with E-state index in [0.29, 0.717) is 0 Å². The average molecular weight is 242 g/mol. The summed E-state index contributed by atoms with van der Waals surface area (Å²) < 4.78 is -0.777. The zero-order chi connectivity index (χ0) is 10.1. The van der Waals surface area contributed by atoms with E-state index in [2.05, 4.69) is 0 Å². The molecule has 1 aromatic rings. The van der Waals surface area contributed by atoms with Gasteiger partial charge in [0.1, 0.15) is 0 Å². The van der Waals surface area contributed by atoms with Gasteiger partial charge in [0.15, 0.2) is 9.22 Å². The van der Waals surface area contributed by atoms with Gasteiger partial charge in [-0.2, -0.15) is 0 Å². The molecular formula is C7H6Cl3NO2. The fourth-order valence-corrected chi connectivity index (χ4v) is 1.30. The lowest BCUT2D eigenvalue weighted by Gasteiger charge is -2.09. The molecule has 3 nitrogen and oxygen atoms in total. The van der Waals surface area contributed by atoms with Crippen LogP contribution in [0.15, 0.2) is 23.3 Å². The third-order valence-corrected chi connectivity index (χ3v) is 1.78. The standard InChI is InChI=1S/C7H6Cl3NO2/c8-7(9,10)3-5-4-11(13)2-1-6(5)12/h1-2,4,13H,3H2. The maximum atomic E-state index is 11.1. The summed E-state index contributed by atoms with van der Waals surface area (Å²) in [4.78, 5) is 11.1. The van der Waals surface area contributed by atoms with E-state index in [1.165, 1.54) is 18.5 Å². The van der Waals surface area contributed by atoms with E-state index in [0.717, 1.165) is 4.73 Å². The summed E-state index contributed by atoms with van der Waals surface area (Å²) in [6.45, 7) is 0. The van der Waals surface area contributed by atoms with Crippen molar-refractivity contribution in [2.75, 3.05) is 0 Å². The summed E-state index contributed by atoms with van der Waals surface area (Å²) >= 11 is 16.5. The minimum atomic E-state index is -1.52. The van der Waals surface area contributed by atoms with Crippen LogP contribution in [0.3, 0.4) is 0 Å². The van der Waals surface area contributed by atoms with Crippen LogP contribution in [0, 0.1) is 0 Å². The minimum absolute atomic E-state index is 0.0299. The van der Waals surface area contributed by atoms with Crippen LogP contribution in [0.25, 0.3) is 0 Å². The molecule has 0 radical (unpaired) electrons. The molecule has 0 atom stereocenters. The Morgan fingerprint density at radius 2 is 2.08 bits per heavy atom. The molecule has 0 unspecified atom stereocenters. The number of rotatable bonds is 1. The second-order valence-corrected chi connectivity index (χ2v) is 5.02. The van der Waals surface area contributed by atoms with E-state index >= 15 is 0 Å². The van der Waals surface area contributed by atoms with Gasteiger partial charge >= 0.3 is 0 Å². The molecule has 0 aromatic carbocycles. The first kappa shape index (κ1) is 10.7. The first-order valence-electron chi connectivity index (χ1n) is 3.36. The smallest absolute Gasteiger partial charge is 0.194 e. The van der Waals surface area contributed by atoms with Gasteiger partial charge in [0.25, 0.3) is 0 Å². The van der Waals surface area contributed by atoms with Crippen molar-refractivity contribution in [2.24, 2.45) is 0 Å². The Hall–Kier alpha value is -0.380. The lowest BCUT2D eigenvalue weighted by molar-refractivity contribution is 0.183. The minimum Gasteiger partial charge on any atom is -0.429 e. The molecule has 0 spiro atoms. The molecule has 1 heterocycles. The van der Waals surface area contributed by atoms with Crippen LogP contribution in [-0.4, -0.2) is 13.7 Å². The van der Waals surface area contributed by atoms with E-state index in [9.17, 15) is 4.79 Å². The summed E-state index contributed by atoms with van der Waals surface area (Å²) in [5, 5.41) is 8.98. The molecule has 0 saturated carbocycles. The van der Waals surface area contributed by atoms with Crippen molar-refractivity contribution in [2.45, 2.75) is 10.2 Å². The van der Waals surface area contributed by atoms with Gasteiger partial charge in [-0.1, -0.05) is 34.8 Å². The van der Waals surface area contributed by atoms with Crippen LogP contribution in [0.1, 0.15) is 5.56 Å². The molecule has 0 amide bonds. The molecular weight excluding hydrogens is 236 g/mol. The van der Waals surface area contributed by atoms with Crippen molar-refractivity contribution < 1.29 is 5.21 Å². The number of nitrogens with zero attached hydrogens (tertiary/aromatic N) is 1. The molecule has 6 heteroatoms. The highest BCUT2D eigenvalue weighted by molar-refractivity contribution is 6.67. The maximum absolute atomic E-state index is 11.1. The quantitative estimate of drug-likeness (QED) is 0.604. The van der Waals surface area contributed by atoms with E-state index in [1.54, 1.807) is 0 Å². The molecule has 0 saturated heterocycles. The number of alkyl halides is 3. The fourth-order valence-electron chi connectivity index (χ4n) is 0.866. The Morgan fingerprint density at radius 1 is 1.46 bits per heavy atom. The molecule has 13 heavy (non-hydrogen) atoms. The third kappa shape index (κ3) is 3.46. The number of aromatic nitrogens is 1. The molecule has 0 bridgehead atoms. The van der Waals surface area contributed by atoms with Gasteiger partial charge in [0.05, 0.1) is 6.20 Å². The lowest BCUT2D eigenvalue weighted by atomic mass is 10.2. The van der Waals surface area contributed by atoms with Crippen LogP contribution >= 0.6 is 34.8 Å². The summed E-state index contributed by atoms with van der Waals surface area (Å²) in [6, 6.07) is 1.20. The number of halogens is 3. The van der Waals surface area contributed by atoms with Gasteiger partial charge in [0, 0.05) is 24.2 Å². The van der Waals surface area contributed by atoms with E-state index in [4.69, 9.17) is 40.0 Å². The lowest BCUT2D eigenvalue weighted by Crippen LogP contribution is -2.17. The second-order valence-electron chi connectivity index (χ2n) is 2.51. The average Bonchev–Trinajstić information content (AvgIpc) is 1.94. The van der Waals surface area contributed by atoms with Crippen molar-refractivity contribution in [3.63, 3.8) is 0 Å². The SMILES string of the molecule is O=c1ccn(O)cc1CC(Cl)(Cl)Cl. The van der Waals surface area contributed by atoms with Gasteiger partial charge in [-0.05, 0) is 0 Å². The van der Waals surface area contributed by atoms with Crippen LogP contribution in [0.2, 0.25) is 0 Å². The Balaban J connectivity index is 3.01. The van der Waals surface area contributed by atoms with Gasteiger partial charge < -0.3 is 5.21 Å². The molecule has 1 aromatic heterocycles. The molecule has 72 valence electrons. The second kappa shape index (κ2) is 3.78. The van der Waals surface area contributed by atoms with Gasteiger partial charge in [-0.25, -0.2) is 4.73 Å². The monoisotopic (exact) mass is 241 g/mol. The molecule has 0 aliphatic rings. The molecule has 0 aliphatic heterocycles. The van der Waals surface area contributed by atoms with Crippen molar-refractivity contribution in [3.8, 4) is 0 Å². The highest BCUT2D eigenvalue weighted by Crippen LogP contribution is 2.29. The van der Waals surface area contributed by atoms with Crippen LogP contribution < -0.4 is 5.43 Å². The Labute approximate surface area is 89.4 Å². The van der Waals surface area contributed by atoms with E-state index < -0.39 is 3.79 Å². The highest BCUT2D eigenvalue weighted by Gasteiger charge is 2.21. The normalized spacial score (nSPS) is 11.6. The van der Waals surface area contributed by atoms with Crippen molar-refractivity contribution in [1.29, 1.82) is 0 Å². The number of pyridine rings is 1. The summed E-state index contributed by atoms with van der Waals surface area (Å²) in [5.41, 5.74) is -0.0124. The molecule has 0 fully saturated rings. The first-order chi connectivity index (χ1) is 5.88. The fraction of sp³-hybridized carbons (Fsp3) is 0.286. The van der Waals surface area contributed by atoms with Crippen molar-refractivity contribution in [1.82, 2.24) is 4.73 Å². The van der Waals surface area contributed by atoms with E-state index in [-0.39, 0.29) is 17.4 Å². The van der Waals surface area contributed by atoms with Crippen molar-refractivity contribution >= 4 is 34.8 Å². The first-order valence-corrected chi connectivity index (χ1v) is 4.49. The Morgan fingerprint density at radius 3 is 2.62 bits per heavy atom. The Bertz CT molecular complexity index is 355.